The topological polar surface area (TPSA) is 103 Å². The highest BCUT2D eigenvalue weighted by Gasteiger charge is 2.32. The molecule has 0 N–H and O–H groups in total. The Morgan fingerprint density at radius 3 is 2.27 bits per heavy atom. The monoisotopic (exact) mass is 601 g/mol. The first-order valence-corrected chi connectivity index (χ1v) is 14.8. The van der Waals surface area contributed by atoms with E-state index in [9.17, 15) is 14.9 Å². The van der Waals surface area contributed by atoms with Gasteiger partial charge in [0.15, 0.2) is 5.75 Å². The molecule has 10 heteroatoms. The van der Waals surface area contributed by atoms with E-state index in [1.54, 1.807) is 34.7 Å². The standard InChI is InChI=1S/C34H27N5O4S/c1-23-13-16-28(17-14-23)44-22-30-29(34(40)38(35-30)27-11-7-4-8-12-27)19-25-21-37(26-9-5-3-6-10-26)36-33(25)24-15-18-32(43-2)31(20-24)39(41)42/h3-21H,22H2,1-2H3/b29-19-. The van der Waals surface area contributed by atoms with Crippen LogP contribution < -0.4 is 9.75 Å². The number of hydrazone groups is 1. The van der Waals surface area contributed by atoms with Crippen molar-refractivity contribution >= 4 is 40.8 Å². The Morgan fingerprint density at radius 1 is 0.932 bits per heavy atom. The van der Waals surface area contributed by atoms with Gasteiger partial charge in [-0.3, -0.25) is 14.9 Å². The number of anilines is 1. The van der Waals surface area contributed by atoms with Crippen LogP contribution in [0.3, 0.4) is 0 Å². The molecule has 5 aromatic rings. The second-order valence-corrected chi connectivity index (χ2v) is 11.1. The maximum absolute atomic E-state index is 13.9. The maximum atomic E-state index is 13.9. The number of carbonyl (C=O) groups excluding carboxylic acids is 1. The SMILES string of the molecule is COc1ccc(-c2nn(-c3ccccc3)cc2/C=C2\C(=O)N(c3ccccc3)N=C2CSc2ccc(C)cc2)cc1[N+](=O)[O-]. The highest BCUT2D eigenvalue weighted by Crippen LogP contribution is 2.35. The highest BCUT2D eigenvalue weighted by atomic mass is 32.2. The summed E-state index contributed by atoms with van der Waals surface area (Å²) in [6.07, 6.45) is 3.59. The molecule has 0 spiro atoms. The van der Waals surface area contributed by atoms with Crippen molar-refractivity contribution in [2.45, 2.75) is 11.8 Å². The number of thioether (sulfide) groups is 1. The molecule has 0 unspecified atom stereocenters. The molecule has 1 aromatic heterocycles. The molecule has 2 heterocycles. The molecular weight excluding hydrogens is 574 g/mol. The Kier molecular flexibility index (Phi) is 8.07. The van der Waals surface area contributed by atoms with E-state index < -0.39 is 4.92 Å². The smallest absolute Gasteiger partial charge is 0.311 e. The molecule has 0 atom stereocenters. The normalized spacial score (nSPS) is 13.8. The number of carbonyl (C=O) groups is 1. The van der Waals surface area contributed by atoms with Gasteiger partial charge < -0.3 is 4.74 Å². The fraction of sp³-hybridized carbons (Fsp3) is 0.0882. The van der Waals surface area contributed by atoms with Crippen molar-refractivity contribution in [3.05, 3.63) is 136 Å². The minimum Gasteiger partial charge on any atom is -0.490 e. The number of hydrogen-bond acceptors (Lipinski definition) is 7. The van der Waals surface area contributed by atoms with Crippen LogP contribution in [0.1, 0.15) is 11.1 Å². The predicted octanol–water partition coefficient (Wildman–Crippen LogP) is 7.34. The van der Waals surface area contributed by atoms with Crippen LogP contribution in [0.5, 0.6) is 5.75 Å². The van der Waals surface area contributed by atoms with Crippen LogP contribution >= 0.6 is 11.8 Å². The van der Waals surface area contributed by atoms with Crippen LogP contribution in [0, 0.1) is 17.0 Å². The van der Waals surface area contributed by atoms with E-state index in [0.29, 0.717) is 39.5 Å². The zero-order chi connectivity index (χ0) is 30.6. The van der Waals surface area contributed by atoms with Gasteiger partial charge in [-0.2, -0.15) is 15.2 Å². The van der Waals surface area contributed by atoms with E-state index in [0.717, 1.165) is 10.6 Å². The number of methoxy groups -OCH3 is 1. The summed E-state index contributed by atoms with van der Waals surface area (Å²) in [7, 11) is 1.39. The average Bonchev–Trinajstić information content (AvgIpc) is 3.62. The van der Waals surface area contributed by atoms with E-state index in [1.807, 2.05) is 85.9 Å². The van der Waals surface area contributed by atoms with Gasteiger partial charge in [-0.1, -0.05) is 54.1 Å². The first-order valence-electron chi connectivity index (χ1n) is 13.8. The minimum atomic E-state index is -0.486. The summed E-state index contributed by atoms with van der Waals surface area (Å²) in [6, 6.07) is 31.7. The first kappa shape index (κ1) is 28.6. The molecule has 9 nitrogen and oxygen atoms in total. The van der Waals surface area contributed by atoms with Crippen molar-refractivity contribution in [1.82, 2.24) is 9.78 Å². The highest BCUT2D eigenvalue weighted by molar-refractivity contribution is 8.00. The summed E-state index contributed by atoms with van der Waals surface area (Å²) >= 11 is 1.59. The number of benzene rings is 4. The summed E-state index contributed by atoms with van der Waals surface area (Å²) in [6.45, 7) is 2.04. The third-order valence-corrected chi connectivity index (χ3v) is 8.09. The number of nitro groups is 1. The molecule has 1 aliphatic rings. The van der Waals surface area contributed by atoms with Gasteiger partial charge in [-0.05, 0) is 61.5 Å². The predicted molar refractivity (Wildman–Crippen MR) is 173 cm³/mol. The third kappa shape index (κ3) is 5.88. The molecular formula is C34H27N5O4S. The lowest BCUT2D eigenvalue weighted by molar-refractivity contribution is -0.385. The van der Waals surface area contributed by atoms with E-state index in [4.69, 9.17) is 14.9 Å². The van der Waals surface area contributed by atoms with Gasteiger partial charge in [0.25, 0.3) is 5.91 Å². The van der Waals surface area contributed by atoms with E-state index in [2.05, 4.69) is 12.1 Å². The van der Waals surface area contributed by atoms with Crippen molar-refractivity contribution in [2.75, 3.05) is 17.9 Å². The lowest BCUT2D eigenvalue weighted by Crippen LogP contribution is -2.21. The van der Waals surface area contributed by atoms with Gasteiger partial charge in [0.1, 0.15) is 5.69 Å². The van der Waals surface area contributed by atoms with Gasteiger partial charge in [-0.15, -0.1) is 11.8 Å². The van der Waals surface area contributed by atoms with Crippen molar-refractivity contribution in [2.24, 2.45) is 5.10 Å². The summed E-state index contributed by atoms with van der Waals surface area (Å²) in [5.41, 5.74) is 5.08. The van der Waals surface area contributed by atoms with Crippen LogP contribution in [-0.2, 0) is 4.79 Å². The van der Waals surface area contributed by atoms with Gasteiger partial charge in [0.2, 0.25) is 0 Å². The van der Waals surface area contributed by atoms with Crippen LogP contribution in [0.4, 0.5) is 11.4 Å². The number of para-hydroxylation sites is 2. The lowest BCUT2D eigenvalue weighted by atomic mass is 10.0. The number of nitrogens with zero attached hydrogens (tertiary/aromatic N) is 5. The Bertz CT molecular complexity index is 1900. The zero-order valence-corrected chi connectivity index (χ0v) is 24.8. The molecule has 218 valence electrons. The second-order valence-electron chi connectivity index (χ2n) is 10.0. The Balaban J connectivity index is 1.46. The van der Waals surface area contributed by atoms with Gasteiger partial charge in [0, 0.05) is 34.0 Å². The van der Waals surface area contributed by atoms with Gasteiger partial charge >= 0.3 is 5.69 Å². The van der Waals surface area contributed by atoms with Crippen LogP contribution in [-0.4, -0.2) is 39.2 Å². The number of amides is 1. The van der Waals surface area contributed by atoms with Gasteiger partial charge in [0.05, 0.1) is 34.7 Å². The number of aromatic nitrogens is 2. The number of hydrogen-bond donors (Lipinski definition) is 0. The van der Waals surface area contributed by atoms with Crippen molar-refractivity contribution in [1.29, 1.82) is 0 Å². The molecule has 0 bridgehead atoms. The second kappa shape index (κ2) is 12.4. The Labute approximate surface area is 258 Å². The number of ether oxygens (including phenoxy) is 1. The molecule has 44 heavy (non-hydrogen) atoms. The van der Waals surface area contributed by atoms with Crippen molar-refractivity contribution in [3.63, 3.8) is 0 Å². The Morgan fingerprint density at radius 2 is 1.61 bits per heavy atom. The summed E-state index contributed by atoms with van der Waals surface area (Å²) in [5, 5.41) is 22.8. The number of rotatable bonds is 9. The number of aryl methyl sites for hydroxylation is 1. The summed E-state index contributed by atoms with van der Waals surface area (Å²) in [5.74, 6) is 0.336. The molecule has 0 aliphatic carbocycles. The molecule has 0 saturated heterocycles. The molecule has 6 rings (SSSR count). The zero-order valence-electron chi connectivity index (χ0n) is 24.0. The third-order valence-electron chi connectivity index (χ3n) is 7.06. The fourth-order valence-corrected chi connectivity index (χ4v) is 5.65. The van der Waals surface area contributed by atoms with Crippen LogP contribution in [0.25, 0.3) is 23.0 Å². The van der Waals surface area contributed by atoms with Crippen LogP contribution in [0.2, 0.25) is 0 Å². The largest absolute Gasteiger partial charge is 0.490 e. The van der Waals surface area contributed by atoms with E-state index in [1.165, 1.54) is 23.7 Å². The van der Waals surface area contributed by atoms with Gasteiger partial charge in [-0.25, -0.2) is 4.68 Å². The minimum absolute atomic E-state index is 0.146. The summed E-state index contributed by atoms with van der Waals surface area (Å²) in [4.78, 5) is 26.3. The molecule has 0 fully saturated rings. The van der Waals surface area contributed by atoms with E-state index in [-0.39, 0.29) is 17.3 Å². The molecule has 0 saturated carbocycles. The molecule has 1 aliphatic heterocycles. The van der Waals surface area contributed by atoms with Crippen molar-refractivity contribution in [3.8, 4) is 22.7 Å². The molecule has 1 amide bonds. The molecule has 0 radical (unpaired) electrons. The fourth-order valence-electron chi connectivity index (χ4n) is 4.81. The lowest BCUT2D eigenvalue weighted by Gasteiger charge is -2.11. The maximum Gasteiger partial charge on any atom is 0.311 e. The van der Waals surface area contributed by atoms with Crippen LogP contribution in [0.15, 0.2) is 125 Å². The summed E-state index contributed by atoms with van der Waals surface area (Å²) < 4.78 is 6.91. The Hall–Kier alpha value is -5.48. The van der Waals surface area contributed by atoms with E-state index >= 15 is 0 Å². The first-order chi connectivity index (χ1) is 21.4. The van der Waals surface area contributed by atoms with Crippen molar-refractivity contribution < 1.29 is 14.5 Å². The quantitative estimate of drug-likeness (QED) is 0.0758. The number of nitro benzene ring substituents is 1. The molecule has 4 aromatic carbocycles. The average molecular weight is 602 g/mol.